The predicted molar refractivity (Wildman–Crippen MR) is 317 cm³/mol. The molecule has 0 saturated heterocycles. The Morgan fingerprint density at radius 1 is 0.581 bits per heavy atom. The first-order valence-corrected chi connectivity index (χ1v) is 28.1. The topological polar surface area (TPSA) is 523 Å². The summed E-state index contributed by atoms with van der Waals surface area (Å²) in [6.07, 6.45) is -0.121. The zero-order valence-corrected chi connectivity index (χ0v) is 49.4. The first kappa shape index (κ1) is 71.3. The zero-order valence-electron chi connectivity index (χ0n) is 49.4. The zero-order chi connectivity index (χ0) is 64.4. The summed E-state index contributed by atoms with van der Waals surface area (Å²) in [4.78, 5) is 151. The van der Waals surface area contributed by atoms with Crippen molar-refractivity contribution in [3.63, 3.8) is 0 Å². The number of guanidine groups is 2. The number of hydrogen-bond donors (Lipinski definition) is 18. The van der Waals surface area contributed by atoms with E-state index in [4.69, 9.17) is 28.7 Å². The van der Waals surface area contributed by atoms with E-state index in [0.717, 1.165) is 24.6 Å². The number of carboxylic acids is 1. The lowest BCUT2D eigenvalue weighted by Crippen LogP contribution is -2.63. The number of nitrogens with two attached hydrogens (primary N) is 5. The third-order valence-corrected chi connectivity index (χ3v) is 13.8. The van der Waals surface area contributed by atoms with Crippen LogP contribution in [-0.2, 0) is 60.8 Å². The number of aromatic amines is 1. The quantitative estimate of drug-likeness (QED) is 0.0148. The standard InChI is InChI=1S/C55H86N18O13/c1-8-28(4)42(51(83)70-41(27(2)3)53(85)86)71-47(79)37(19-13-21-63-55(59)60)67-40(76)25-64-50(82)43(30(6)74)73-52(84)44(31(7)75)72-49(81)39(23-34-24-61-26-65-34)69-48(80)38(22-33-16-11-15-32-14-9-10-17-35(32)33)68-45(77)29(5)66-46(78)36(56)18-12-20-62-54(57)58/h9-11,14-17,24,26-31,36-39,41-44,74-75H,8,12-13,18-23,25,56H2,1-7H3,(H,61,65)(H,64,82)(H,66,78)(H,67,76)(H,68,77)(H,69,80)(H,70,83)(H,71,79)(H,72,81)(H,73,84)(H,85,86)(H4,57,58,62)(H4,59,60,63)/t28?,29-,30+,31+,36-,37+,38-,39-,41+,42-,43-,44-/m0/s1. The van der Waals surface area contributed by atoms with Crippen LogP contribution in [0.5, 0.6) is 0 Å². The van der Waals surface area contributed by atoms with E-state index in [1.165, 1.54) is 19.4 Å². The number of amides is 9. The predicted octanol–water partition coefficient (Wildman–Crippen LogP) is -4.65. The maximum atomic E-state index is 14.6. The molecule has 1 aromatic heterocycles. The van der Waals surface area contributed by atoms with Gasteiger partial charge in [0.2, 0.25) is 53.2 Å². The molecule has 3 rings (SSSR count). The van der Waals surface area contributed by atoms with Gasteiger partial charge in [-0.3, -0.25) is 53.1 Å². The summed E-state index contributed by atoms with van der Waals surface area (Å²) in [5, 5.41) is 55.3. The van der Waals surface area contributed by atoms with Crippen molar-refractivity contribution in [2.75, 3.05) is 19.6 Å². The number of aliphatic imine (C=N–C) groups is 2. The molecule has 0 spiro atoms. The van der Waals surface area contributed by atoms with Crippen LogP contribution in [0.25, 0.3) is 10.8 Å². The second kappa shape index (κ2) is 35.4. The largest absolute Gasteiger partial charge is 0.480 e. The number of aliphatic hydroxyl groups is 2. The van der Waals surface area contributed by atoms with Crippen LogP contribution in [0.15, 0.2) is 65.0 Å². The number of nitrogens with one attached hydrogen (secondary N) is 10. The lowest BCUT2D eigenvalue weighted by molar-refractivity contribution is -0.144. The molecule has 23 N–H and O–H groups in total. The van der Waals surface area contributed by atoms with E-state index in [1.807, 2.05) is 24.3 Å². The Labute approximate surface area is 497 Å². The van der Waals surface area contributed by atoms with Crippen molar-refractivity contribution in [1.82, 2.24) is 57.8 Å². The summed E-state index contributed by atoms with van der Waals surface area (Å²) in [7, 11) is 0. The van der Waals surface area contributed by atoms with E-state index in [-0.39, 0.29) is 57.1 Å². The van der Waals surface area contributed by atoms with Crippen molar-refractivity contribution in [2.24, 2.45) is 50.5 Å². The van der Waals surface area contributed by atoms with Crippen molar-refractivity contribution in [3.8, 4) is 0 Å². The smallest absolute Gasteiger partial charge is 0.326 e. The van der Waals surface area contributed by atoms with Crippen LogP contribution >= 0.6 is 0 Å². The summed E-state index contributed by atoms with van der Waals surface area (Å²) in [5.74, 6) is -10.9. The molecule has 0 aliphatic carbocycles. The summed E-state index contributed by atoms with van der Waals surface area (Å²) in [5.41, 5.74) is 28.7. The first-order chi connectivity index (χ1) is 40.5. The Morgan fingerprint density at radius 3 is 1.69 bits per heavy atom. The second-order valence-electron chi connectivity index (χ2n) is 21.2. The van der Waals surface area contributed by atoms with Gasteiger partial charge in [-0.1, -0.05) is 76.6 Å². The van der Waals surface area contributed by atoms with Crippen molar-refractivity contribution < 1.29 is 63.3 Å². The van der Waals surface area contributed by atoms with Gasteiger partial charge in [0.1, 0.15) is 48.3 Å². The molecule has 31 heteroatoms. The Bertz CT molecular complexity index is 2840. The van der Waals surface area contributed by atoms with Crippen LogP contribution in [0.4, 0.5) is 0 Å². The summed E-state index contributed by atoms with van der Waals surface area (Å²) in [6, 6.07) is -0.141. The number of carbonyl (C=O) groups excluding carboxylic acids is 9. The molecule has 12 atom stereocenters. The van der Waals surface area contributed by atoms with Gasteiger partial charge in [-0.2, -0.15) is 0 Å². The molecule has 1 heterocycles. The van der Waals surface area contributed by atoms with Gasteiger partial charge in [-0.15, -0.1) is 0 Å². The van der Waals surface area contributed by atoms with Crippen LogP contribution in [0.3, 0.4) is 0 Å². The fourth-order valence-electron chi connectivity index (χ4n) is 8.65. The van der Waals surface area contributed by atoms with E-state index < -0.39 is 144 Å². The lowest BCUT2D eigenvalue weighted by Gasteiger charge is -2.29. The van der Waals surface area contributed by atoms with E-state index in [1.54, 1.807) is 45.9 Å². The minimum absolute atomic E-state index is 0.0320. The molecule has 2 aromatic carbocycles. The molecule has 0 aliphatic heterocycles. The molecule has 0 fully saturated rings. The minimum atomic E-state index is -1.87. The number of H-pyrrole nitrogens is 1. The van der Waals surface area contributed by atoms with Gasteiger partial charge >= 0.3 is 5.97 Å². The maximum Gasteiger partial charge on any atom is 0.326 e. The summed E-state index contributed by atoms with van der Waals surface area (Å²) < 4.78 is 0. The normalized spacial score (nSPS) is 15.3. The molecule has 0 radical (unpaired) electrons. The Kier molecular flexibility index (Phi) is 29.3. The molecule has 86 heavy (non-hydrogen) atoms. The maximum absolute atomic E-state index is 14.6. The van der Waals surface area contributed by atoms with Crippen LogP contribution in [-0.4, -0.2) is 183 Å². The van der Waals surface area contributed by atoms with Crippen LogP contribution in [0.1, 0.15) is 91.8 Å². The Hall–Kier alpha value is -8.97. The van der Waals surface area contributed by atoms with E-state index in [0.29, 0.717) is 24.1 Å². The van der Waals surface area contributed by atoms with Crippen molar-refractivity contribution in [3.05, 3.63) is 66.2 Å². The molecular formula is C55H86N18O13. The number of aliphatic carboxylic acids is 1. The number of rotatable bonds is 36. The van der Waals surface area contributed by atoms with Crippen LogP contribution in [0, 0.1) is 11.8 Å². The number of aliphatic hydroxyl groups excluding tert-OH is 2. The highest BCUT2D eigenvalue weighted by Crippen LogP contribution is 2.21. The third-order valence-electron chi connectivity index (χ3n) is 13.8. The molecule has 474 valence electrons. The molecule has 0 saturated carbocycles. The van der Waals surface area contributed by atoms with E-state index in [2.05, 4.69) is 67.8 Å². The fourth-order valence-corrected chi connectivity index (χ4v) is 8.65. The molecule has 3 aromatic rings. The molecule has 0 aliphatic rings. The van der Waals surface area contributed by atoms with Gasteiger partial charge in [-0.05, 0) is 74.6 Å². The third kappa shape index (κ3) is 23.6. The Balaban J connectivity index is 1.84. The highest BCUT2D eigenvalue weighted by atomic mass is 16.4. The number of imidazole rings is 1. The SMILES string of the molecule is CCC(C)[C@H](NC(=O)[C@@H](CCCN=C(N)N)NC(=O)CNC(=O)[C@@H](NC(=O)[C@@H](NC(=O)[C@H](Cc1cnc[nH]1)NC(=O)[C@H](Cc1cccc2ccccc12)NC(=O)[C@H](C)NC(=O)[C@@H](N)CCCN=C(N)N)[C@@H](C)O)[C@@H](C)O)C(=O)N[C@@H](C(=O)O)C(C)C. The summed E-state index contributed by atoms with van der Waals surface area (Å²) in [6.45, 7) is 9.68. The van der Waals surface area contributed by atoms with Gasteiger partial charge in [0.15, 0.2) is 11.9 Å². The number of aromatic nitrogens is 2. The number of nitrogens with zero attached hydrogens (tertiary/aromatic N) is 3. The van der Waals surface area contributed by atoms with Gasteiger partial charge in [0.25, 0.3) is 0 Å². The average molecular weight is 1210 g/mol. The molecule has 0 bridgehead atoms. The van der Waals surface area contributed by atoms with Crippen molar-refractivity contribution in [1.29, 1.82) is 0 Å². The molecular weight excluding hydrogens is 1120 g/mol. The fraction of sp³-hybridized carbons (Fsp3) is 0.545. The van der Waals surface area contributed by atoms with Crippen LogP contribution in [0.2, 0.25) is 0 Å². The summed E-state index contributed by atoms with van der Waals surface area (Å²) >= 11 is 0. The number of carbonyl (C=O) groups is 10. The highest BCUT2D eigenvalue weighted by molar-refractivity contribution is 5.99. The number of carboxylic acid groups (broad SMARTS) is 1. The van der Waals surface area contributed by atoms with Gasteiger partial charge in [0.05, 0.1) is 31.1 Å². The van der Waals surface area contributed by atoms with Crippen molar-refractivity contribution in [2.45, 2.75) is 160 Å². The monoisotopic (exact) mass is 1210 g/mol. The second-order valence-corrected chi connectivity index (χ2v) is 21.2. The van der Waals surface area contributed by atoms with Gasteiger partial charge < -0.3 is 96.8 Å². The lowest BCUT2D eigenvalue weighted by atomic mass is 9.96. The van der Waals surface area contributed by atoms with Crippen LogP contribution < -0.4 is 76.5 Å². The Morgan fingerprint density at radius 2 is 1.10 bits per heavy atom. The number of benzene rings is 2. The molecule has 9 amide bonds. The number of hydrogen-bond acceptors (Lipinski definition) is 16. The van der Waals surface area contributed by atoms with E-state index >= 15 is 0 Å². The average Bonchev–Trinajstić information content (AvgIpc) is 3.90. The minimum Gasteiger partial charge on any atom is -0.480 e. The molecule has 31 nitrogen and oxygen atoms in total. The van der Waals surface area contributed by atoms with Gasteiger partial charge in [0, 0.05) is 37.8 Å². The molecule has 1 unspecified atom stereocenters. The van der Waals surface area contributed by atoms with Gasteiger partial charge in [-0.25, -0.2) is 9.78 Å². The van der Waals surface area contributed by atoms with Crippen molar-refractivity contribution >= 4 is 81.8 Å². The first-order valence-electron chi connectivity index (χ1n) is 28.1. The van der Waals surface area contributed by atoms with E-state index in [9.17, 15) is 63.3 Å². The highest BCUT2D eigenvalue weighted by Gasteiger charge is 2.37. The number of fused-ring (bicyclic) bond motifs is 1.